The van der Waals surface area contributed by atoms with E-state index in [2.05, 4.69) is 4.72 Å². The van der Waals surface area contributed by atoms with E-state index < -0.39 is 16.0 Å². The molecule has 4 atom stereocenters. The van der Waals surface area contributed by atoms with Gasteiger partial charge in [-0.25, -0.2) is 13.1 Å². The number of rotatable bonds is 9. The Kier molecular flexibility index (Phi) is 5.56. The summed E-state index contributed by atoms with van der Waals surface area (Å²) >= 11 is 0. The molecular weight excluding hydrogens is 342 g/mol. The normalized spacial score (nSPS) is 28.2. The van der Waals surface area contributed by atoms with Crippen LogP contribution >= 0.6 is 0 Å². The Bertz CT molecular complexity index is 731. The standard InChI is InChI=1S/C18H23NO5S/c20-17(21)11-7-2-1-6-10-14-15(12-16-18(14)24-16)19-25(22,23)13-8-4-3-5-9-13/h1,3-6,8-9,14-16,18-19H,2,7,10-12H2,(H,20,21)/t14-,15-,16-,18+/m1/s1. The van der Waals surface area contributed by atoms with Gasteiger partial charge >= 0.3 is 5.97 Å². The fraction of sp³-hybridized carbons (Fsp3) is 0.500. The van der Waals surface area contributed by atoms with Crippen molar-refractivity contribution >= 4 is 16.0 Å². The quantitative estimate of drug-likeness (QED) is 0.398. The van der Waals surface area contributed by atoms with Crippen LogP contribution in [0.4, 0.5) is 0 Å². The molecule has 1 saturated heterocycles. The van der Waals surface area contributed by atoms with Crippen LogP contribution in [0.25, 0.3) is 0 Å². The molecule has 6 nitrogen and oxygen atoms in total. The number of allylic oxidation sites excluding steroid dienone is 2. The van der Waals surface area contributed by atoms with Gasteiger partial charge in [0.2, 0.25) is 10.0 Å². The van der Waals surface area contributed by atoms with Crippen LogP contribution in [-0.4, -0.2) is 37.7 Å². The first-order chi connectivity index (χ1) is 12.0. The highest BCUT2D eigenvalue weighted by molar-refractivity contribution is 7.89. The molecule has 0 aromatic heterocycles. The number of benzene rings is 1. The molecule has 3 rings (SSSR count). The lowest BCUT2D eigenvalue weighted by atomic mass is 9.98. The van der Waals surface area contributed by atoms with Crippen LogP contribution in [0.1, 0.15) is 32.1 Å². The number of aliphatic carboxylic acids is 1. The third-order valence-corrected chi connectivity index (χ3v) is 6.25. The zero-order valence-electron chi connectivity index (χ0n) is 13.9. The van der Waals surface area contributed by atoms with Crippen LogP contribution in [0, 0.1) is 5.92 Å². The minimum absolute atomic E-state index is 0.124. The van der Waals surface area contributed by atoms with Gasteiger partial charge < -0.3 is 9.84 Å². The molecule has 1 aliphatic heterocycles. The van der Waals surface area contributed by atoms with Crippen molar-refractivity contribution in [2.75, 3.05) is 0 Å². The van der Waals surface area contributed by atoms with Crippen LogP contribution in [-0.2, 0) is 19.6 Å². The average Bonchev–Trinajstić information content (AvgIpc) is 3.25. The molecule has 2 aliphatic rings. The number of hydrogen-bond acceptors (Lipinski definition) is 4. The zero-order valence-corrected chi connectivity index (χ0v) is 14.7. The van der Waals surface area contributed by atoms with Crippen molar-refractivity contribution in [1.82, 2.24) is 4.72 Å². The third-order valence-electron chi connectivity index (χ3n) is 4.74. The van der Waals surface area contributed by atoms with Gasteiger partial charge in [0.15, 0.2) is 0 Å². The molecule has 1 aromatic rings. The Morgan fingerprint density at radius 3 is 2.76 bits per heavy atom. The molecule has 0 unspecified atom stereocenters. The first-order valence-electron chi connectivity index (χ1n) is 8.57. The monoisotopic (exact) mass is 365 g/mol. The predicted octanol–water partition coefficient (Wildman–Crippen LogP) is 2.32. The molecule has 25 heavy (non-hydrogen) atoms. The minimum Gasteiger partial charge on any atom is -0.481 e. The van der Waals surface area contributed by atoms with Gasteiger partial charge in [-0.05, 0) is 37.8 Å². The number of hydrogen-bond donors (Lipinski definition) is 2. The lowest BCUT2D eigenvalue weighted by Gasteiger charge is -2.22. The predicted molar refractivity (Wildman–Crippen MR) is 92.6 cm³/mol. The van der Waals surface area contributed by atoms with E-state index in [9.17, 15) is 13.2 Å². The van der Waals surface area contributed by atoms with E-state index in [1.165, 1.54) is 0 Å². The van der Waals surface area contributed by atoms with Crippen molar-refractivity contribution in [3.05, 3.63) is 42.5 Å². The molecule has 0 amide bonds. The van der Waals surface area contributed by atoms with Crippen LogP contribution < -0.4 is 4.72 Å². The van der Waals surface area contributed by atoms with Crippen LogP contribution in [0.2, 0.25) is 0 Å². The molecule has 1 heterocycles. The van der Waals surface area contributed by atoms with Crippen LogP contribution in [0.3, 0.4) is 0 Å². The number of sulfonamides is 1. The summed E-state index contributed by atoms with van der Waals surface area (Å²) in [4.78, 5) is 10.8. The number of carboxylic acids is 1. The number of epoxide rings is 1. The van der Waals surface area contributed by atoms with E-state index in [1.54, 1.807) is 30.3 Å². The molecule has 1 aromatic carbocycles. The summed E-state index contributed by atoms with van der Waals surface area (Å²) in [7, 11) is -3.52. The second-order valence-corrected chi connectivity index (χ2v) is 8.29. The van der Waals surface area contributed by atoms with Crippen molar-refractivity contribution in [2.24, 2.45) is 5.92 Å². The fourth-order valence-electron chi connectivity index (χ4n) is 3.42. The summed E-state index contributed by atoms with van der Waals surface area (Å²) in [5.41, 5.74) is 0. The minimum atomic E-state index is -3.52. The van der Waals surface area contributed by atoms with E-state index in [0.29, 0.717) is 19.3 Å². The maximum Gasteiger partial charge on any atom is 0.303 e. The van der Waals surface area contributed by atoms with E-state index in [1.807, 2.05) is 12.2 Å². The Labute approximate surface area is 147 Å². The summed E-state index contributed by atoms with van der Waals surface area (Å²) in [6, 6.07) is 8.26. The van der Waals surface area contributed by atoms with Gasteiger partial charge in [0.25, 0.3) is 0 Å². The summed E-state index contributed by atoms with van der Waals surface area (Å²) in [6.45, 7) is 0. The first-order valence-corrected chi connectivity index (χ1v) is 10.1. The summed E-state index contributed by atoms with van der Waals surface area (Å²) in [5.74, 6) is -0.659. The first kappa shape index (κ1) is 18.1. The highest BCUT2D eigenvalue weighted by Gasteiger charge is 2.55. The molecule has 0 spiro atoms. The van der Waals surface area contributed by atoms with Gasteiger partial charge in [0, 0.05) is 18.4 Å². The molecule has 136 valence electrons. The summed E-state index contributed by atoms with van der Waals surface area (Å²) in [5, 5.41) is 8.61. The Hall–Kier alpha value is -1.70. The maximum absolute atomic E-state index is 12.5. The topological polar surface area (TPSA) is 96.0 Å². The zero-order chi connectivity index (χ0) is 17.9. The van der Waals surface area contributed by atoms with Crippen molar-refractivity contribution in [3.63, 3.8) is 0 Å². The maximum atomic E-state index is 12.5. The van der Waals surface area contributed by atoms with E-state index in [4.69, 9.17) is 9.84 Å². The number of unbranched alkanes of at least 4 members (excludes halogenated alkanes) is 1. The summed E-state index contributed by atoms with van der Waals surface area (Å²) in [6.07, 6.45) is 7.21. The van der Waals surface area contributed by atoms with Gasteiger partial charge in [0.1, 0.15) is 0 Å². The van der Waals surface area contributed by atoms with Gasteiger partial charge in [0.05, 0.1) is 17.1 Å². The molecule has 1 saturated carbocycles. The molecule has 2 fully saturated rings. The highest BCUT2D eigenvalue weighted by Crippen LogP contribution is 2.45. The Morgan fingerprint density at radius 2 is 2.04 bits per heavy atom. The third kappa shape index (κ3) is 4.68. The largest absolute Gasteiger partial charge is 0.481 e. The second kappa shape index (κ2) is 7.68. The highest BCUT2D eigenvalue weighted by atomic mass is 32.2. The van der Waals surface area contributed by atoms with Crippen LogP contribution in [0.15, 0.2) is 47.4 Å². The van der Waals surface area contributed by atoms with Gasteiger partial charge in [-0.3, -0.25) is 4.79 Å². The van der Waals surface area contributed by atoms with Crippen molar-refractivity contribution in [2.45, 2.75) is 55.2 Å². The lowest BCUT2D eigenvalue weighted by molar-refractivity contribution is -0.137. The molecule has 7 heteroatoms. The lowest BCUT2D eigenvalue weighted by Crippen LogP contribution is -2.39. The van der Waals surface area contributed by atoms with E-state index >= 15 is 0 Å². The average molecular weight is 365 g/mol. The number of carboxylic acid groups (broad SMARTS) is 1. The Morgan fingerprint density at radius 1 is 1.28 bits per heavy atom. The van der Waals surface area contributed by atoms with Gasteiger partial charge in [-0.15, -0.1) is 0 Å². The number of nitrogens with one attached hydrogen (secondary N) is 1. The molecular formula is C18H23NO5S. The van der Waals surface area contributed by atoms with Gasteiger partial charge in [-0.1, -0.05) is 30.4 Å². The molecule has 2 N–H and O–H groups in total. The smallest absolute Gasteiger partial charge is 0.303 e. The van der Waals surface area contributed by atoms with Crippen molar-refractivity contribution < 1.29 is 23.1 Å². The Balaban J connectivity index is 1.55. The summed E-state index contributed by atoms with van der Waals surface area (Å²) < 4.78 is 33.4. The molecule has 0 radical (unpaired) electrons. The number of ether oxygens (including phenoxy) is 1. The SMILES string of the molecule is O=C(O)CCCC=CC[C@H]1[C@@H]2O[C@@H]2C[C@H]1NS(=O)(=O)c1ccccc1. The second-order valence-electron chi connectivity index (χ2n) is 6.57. The van der Waals surface area contributed by atoms with E-state index in [0.717, 1.165) is 6.42 Å². The number of fused-ring (bicyclic) bond motifs is 1. The van der Waals surface area contributed by atoms with Crippen molar-refractivity contribution in [1.29, 1.82) is 0 Å². The van der Waals surface area contributed by atoms with Gasteiger partial charge in [-0.2, -0.15) is 0 Å². The molecule has 0 bridgehead atoms. The number of carbonyl (C=O) groups is 1. The fourth-order valence-corrected chi connectivity index (χ4v) is 4.74. The van der Waals surface area contributed by atoms with Crippen LogP contribution in [0.5, 0.6) is 0 Å². The van der Waals surface area contributed by atoms with E-state index in [-0.39, 0.29) is 35.5 Å². The molecule has 1 aliphatic carbocycles. The van der Waals surface area contributed by atoms with Crippen molar-refractivity contribution in [3.8, 4) is 0 Å².